The molecule has 0 spiro atoms. The van der Waals surface area contributed by atoms with E-state index in [9.17, 15) is 14.4 Å². The van der Waals surface area contributed by atoms with Gasteiger partial charge in [-0.25, -0.2) is 0 Å². The van der Waals surface area contributed by atoms with Crippen LogP contribution >= 0.6 is 0 Å². The van der Waals surface area contributed by atoms with E-state index in [0.717, 1.165) is 30.6 Å². The number of pyridine rings is 1. The third kappa shape index (κ3) is 3.77. The van der Waals surface area contributed by atoms with Gasteiger partial charge in [-0.3, -0.25) is 14.4 Å². The predicted octanol–water partition coefficient (Wildman–Crippen LogP) is 1.74. The molecule has 2 amide bonds. The Hall–Kier alpha value is -3.09. The van der Waals surface area contributed by atoms with Gasteiger partial charge in [-0.15, -0.1) is 0 Å². The Morgan fingerprint density at radius 1 is 1.24 bits per heavy atom. The first-order valence-corrected chi connectivity index (χ1v) is 9.92. The number of hydrogen-bond acceptors (Lipinski definition) is 4. The smallest absolute Gasteiger partial charge is 0.260 e. The summed E-state index contributed by atoms with van der Waals surface area (Å²) < 4.78 is 5.30. The van der Waals surface area contributed by atoms with Crippen LogP contribution in [0.25, 0.3) is 0 Å². The van der Waals surface area contributed by atoms with Crippen molar-refractivity contribution in [1.29, 1.82) is 0 Å². The molecule has 2 N–H and O–H groups in total. The highest BCUT2D eigenvalue weighted by molar-refractivity contribution is 5.96. The average Bonchev–Trinajstić information content (AvgIpc) is 2.67. The Morgan fingerprint density at radius 2 is 2.03 bits per heavy atom. The van der Waals surface area contributed by atoms with Crippen LogP contribution in [0.15, 0.2) is 47.4 Å². The normalized spacial score (nSPS) is 17.8. The van der Waals surface area contributed by atoms with Gasteiger partial charge in [0.25, 0.3) is 11.5 Å². The van der Waals surface area contributed by atoms with Crippen molar-refractivity contribution in [2.75, 3.05) is 20.2 Å². The zero-order chi connectivity index (χ0) is 20.4. The van der Waals surface area contributed by atoms with Gasteiger partial charge in [0, 0.05) is 25.3 Å². The lowest BCUT2D eigenvalue weighted by molar-refractivity contribution is -0.140. The molecule has 7 heteroatoms. The van der Waals surface area contributed by atoms with Crippen molar-refractivity contribution >= 4 is 11.8 Å². The molecule has 7 nitrogen and oxygen atoms in total. The molecule has 1 aromatic carbocycles. The van der Waals surface area contributed by atoms with Crippen LogP contribution in [0.1, 0.15) is 35.2 Å². The van der Waals surface area contributed by atoms with E-state index in [2.05, 4.69) is 10.3 Å². The van der Waals surface area contributed by atoms with Crippen molar-refractivity contribution in [2.24, 2.45) is 5.41 Å². The summed E-state index contributed by atoms with van der Waals surface area (Å²) in [6.45, 7) is 0.575. The highest BCUT2D eigenvalue weighted by Crippen LogP contribution is 2.37. The van der Waals surface area contributed by atoms with Crippen LogP contribution in [-0.4, -0.2) is 47.9 Å². The second kappa shape index (κ2) is 7.73. The molecule has 1 aliphatic carbocycles. The van der Waals surface area contributed by atoms with Gasteiger partial charge in [0.05, 0.1) is 12.5 Å². The van der Waals surface area contributed by atoms with Crippen molar-refractivity contribution in [1.82, 2.24) is 15.2 Å². The van der Waals surface area contributed by atoms with Crippen molar-refractivity contribution in [3.8, 4) is 5.75 Å². The maximum absolute atomic E-state index is 13.1. The molecular formula is C22H25N3O4. The van der Waals surface area contributed by atoms with Crippen molar-refractivity contribution in [3.63, 3.8) is 0 Å². The number of benzene rings is 1. The molecule has 29 heavy (non-hydrogen) atoms. The van der Waals surface area contributed by atoms with Crippen LogP contribution in [-0.2, 0) is 11.2 Å². The predicted molar refractivity (Wildman–Crippen MR) is 108 cm³/mol. The zero-order valence-corrected chi connectivity index (χ0v) is 16.4. The van der Waals surface area contributed by atoms with Gasteiger partial charge in [-0.05, 0) is 55.5 Å². The number of rotatable bonds is 6. The number of amides is 2. The number of hydrogen-bond donors (Lipinski definition) is 2. The first-order valence-electron chi connectivity index (χ1n) is 9.92. The fourth-order valence-electron chi connectivity index (χ4n) is 3.99. The first kappa shape index (κ1) is 19.2. The van der Waals surface area contributed by atoms with Gasteiger partial charge >= 0.3 is 0 Å². The minimum atomic E-state index is -0.695. The van der Waals surface area contributed by atoms with E-state index >= 15 is 0 Å². The topological polar surface area (TPSA) is 91.5 Å². The lowest BCUT2D eigenvalue weighted by Gasteiger charge is -2.49. The fourth-order valence-corrected chi connectivity index (χ4v) is 3.99. The number of likely N-dealkylation sites (tertiary alicyclic amines) is 1. The molecule has 2 aromatic rings. The number of nitrogens with zero attached hydrogens (tertiary/aromatic N) is 1. The number of aromatic amines is 1. The second-order valence-electron chi connectivity index (χ2n) is 7.98. The molecule has 1 saturated heterocycles. The molecule has 1 aromatic heterocycles. The maximum atomic E-state index is 13.1. The molecule has 0 unspecified atom stereocenters. The summed E-state index contributed by atoms with van der Waals surface area (Å²) >= 11 is 0. The lowest BCUT2D eigenvalue weighted by Crippen LogP contribution is -2.67. The Labute approximate surface area is 169 Å². The monoisotopic (exact) mass is 395 g/mol. The Balaban J connectivity index is 1.54. The Morgan fingerprint density at radius 3 is 2.69 bits per heavy atom. The zero-order valence-electron chi connectivity index (χ0n) is 16.4. The van der Waals surface area contributed by atoms with Crippen LogP contribution in [0.4, 0.5) is 0 Å². The Kier molecular flexibility index (Phi) is 5.13. The molecule has 1 saturated carbocycles. The van der Waals surface area contributed by atoms with E-state index in [1.165, 1.54) is 12.3 Å². The third-order valence-corrected chi connectivity index (χ3v) is 5.92. The summed E-state index contributed by atoms with van der Waals surface area (Å²) in [7, 11) is 1.61. The molecule has 152 valence electrons. The van der Waals surface area contributed by atoms with E-state index in [1.807, 2.05) is 24.3 Å². The van der Waals surface area contributed by atoms with Gasteiger partial charge in [-0.1, -0.05) is 12.1 Å². The van der Waals surface area contributed by atoms with Crippen molar-refractivity contribution < 1.29 is 14.3 Å². The van der Waals surface area contributed by atoms with Gasteiger partial charge in [0.15, 0.2) is 0 Å². The summed E-state index contributed by atoms with van der Waals surface area (Å²) in [6, 6.07) is 11.0. The molecule has 0 radical (unpaired) electrons. The van der Waals surface area contributed by atoms with Crippen LogP contribution < -0.4 is 15.6 Å². The summed E-state index contributed by atoms with van der Waals surface area (Å²) in [6.07, 6.45) is 5.15. The molecule has 4 rings (SSSR count). The van der Waals surface area contributed by atoms with Gasteiger partial charge < -0.3 is 19.9 Å². The molecule has 2 heterocycles. The van der Waals surface area contributed by atoms with Crippen LogP contribution in [0, 0.1) is 5.41 Å². The number of ether oxygens (including phenoxy) is 1. The summed E-state index contributed by atoms with van der Waals surface area (Å²) in [4.78, 5) is 41.9. The quantitative estimate of drug-likeness (QED) is 0.779. The first-order chi connectivity index (χ1) is 14.0. The number of carbonyl (C=O) groups excluding carboxylic acids is 2. The largest absolute Gasteiger partial charge is 0.497 e. The molecule has 0 bridgehead atoms. The Bertz CT molecular complexity index is 974. The number of nitrogens with one attached hydrogen (secondary N) is 2. The van der Waals surface area contributed by atoms with Crippen molar-refractivity contribution in [2.45, 2.75) is 31.7 Å². The van der Waals surface area contributed by atoms with E-state index < -0.39 is 11.0 Å². The molecule has 1 aliphatic heterocycles. The van der Waals surface area contributed by atoms with Gasteiger partial charge in [-0.2, -0.15) is 0 Å². The number of aromatic nitrogens is 1. The van der Waals surface area contributed by atoms with Crippen LogP contribution in [0.5, 0.6) is 5.75 Å². The maximum Gasteiger partial charge on any atom is 0.260 e. The van der Waals surface area contributed by atoms with Crippen LogP contribution in [0.2, 0.25) is 0 Å². The SMILES string of the molecule is COc1cccc(CC2(C(=O)NC3CCC3)CN(C(=O)c3ccc[nH]c3=O)C2)c1. The number of carbonyl (C=O) groups is 2. The van der Waals surface area contributed by atoms with E-state index in [4.69, 9.17) is 4.74 Å². The molecule has 2 aliphatic rings. The summed E-state index contributed by atoms with van der Waals surface area (Å²) in [5, 5.41) is 3.14. The lowest BCUT2D eigenvalue weighted by atomic mass is 9.73. The average molecular weight is 395 g/mol. The fraction of sp³-hybridized carbons (Fsp3) is 0.409. The number of H-pyrrole nitrogens is 1. The number of methoxy groups -OCH3 is 1. The molecule has 0 atom stereocenters. The molecule has 2 fully saturated rings. The minimum absolute atomic E-state index is 0.0176. The third-order valence-electron chi connectivity index (χ3n) is 5.92. The second-order valence-corrected chi connectivity index (χ2v) is 7.98. The van der Waals surface area contributed by atoms with Crippen LogP contribution in [0.3, 0.4) is 0 Å². The van der Waals surface area contributed by atoms with Crippen molar-refractivity contribution in [3.05, 3.63) is 64.1 Å². The summed E-state index contributed by atoms with van der Waals surface area (Å²) in [5.41, 5.74) is -0.0274. The minimum Gasteiger partial charge on any atom is -0.497 e. The van der Waals surface area contributed by atoms with E-state index in [-0.39, 0.29) is 36.5 Å². The van der Waals surface area contributed by atoms with Gasteiger partial charge in [0.2, 0.25) is 5.91 Å². The highest BCUT2D eigenvalue weighted by atomic mass is 16.5. The summed E-state index contributed by atoms with van der Waals surface area (Å²) in [5.74, 6) is 0.376. The van der Waals surface area contributed by atoms with E-state index in [0.29, 0.717) is 6.42 Å². The van der Waals surface area contributed by atoms with E-state index in [1.54, 1.807) is 18.1 Å². The standard InChI is InChI=1S/C22H25N3O4/c1-29-17-8-2-5-15(11-17)12-22(21(28)24-16-6-3-7-16)13-25(14-22)20(27)18-9-4-10-23-19(18)26/h2,4-5,8-11,16H,3,6-7,12-14H2,1H3,(H,23,26)(H,24,28). The van der Waals surface area contributed by atoms with Gasteiger partial charge in [0.1, 0.15) is 11.3 Å². The highest BCUT2D eigenvalue weighted by Gasteiger charge is 2.51. The molecular weight excluding hydrogens is 370 g/mol.